The highest BCUT2D eigenvalue weighted by Gasteiger charge is 2.30. The molecule has 1 aromatic rings. The fourth-order valence-corrected chi connectivity index (χ4v) is 3.41. The Hall–Kier alpha value is -1.58. The highest BCUT2D eigenvalue weighted by atomic mass is 32.2. The Balaban J connectivity index is 2.36. The second kappa shape index (κ2) is 4.96. The molecule has 1 saturated heterocycles. The molecule has 1 aromatic carbocycles. The summed E-state index contributed by atoms with van der Waals surface area (Å²) >= 11 is 0. The molecule has 18 heavy (non-hydrogen) atoms. The summed E-state index contributed by atoms with van der Waals surface area (Å²) in [6.07, 6.45) is 0.508. The maximum Gasteiger partial charge on any atom is 0.235 e. The van der Waals surface area contributed by atoms with Gasteiger partial charge >= 0.3 is 0 Å². The zero-order valence-electron chi connectivity index (χ0n) is 9.56. The highest BCUT2D eigenvalue weighted by Crippen LogP contribution is 2.27. The topological polar surface area (TPSA) is 57.6 Å². The van der Waals surface area contributed by atoms with Crippen LogP contribution in [-0.2, 0) is 10.0 Å². The van der Waals surface area contributed by atoms with Crippen LogP contribution in [0.15, 0.2) is 18.2 Å². The summed E-state index contributed by atoms with van der Waals surface area (Å²) in [4.78, 5) is 0. The van der Waals surface area contributed by atoms with E-state index in [1.807, 2.05) is 0 Å². The van der Waals surface area contributed by atoms with E-state index in [1.54, 1.807) is 0 Å². The number of rotatable bonds is 1. The molecule has 1 heterocycles. The van der Waals surface area contributed by atoms with Crippen molar-refractivity contribution in [2.45, 2.75) is 6.42 Å². The standard InChI is InChI=1S/C12H12FNO3S/c13-11-9-10(3-1-7-15)4-5-12(11)14-6-2-8-18(14,16)17/h4-5,9,15H,2,6-8H2. The molecule has 0 bridgehead atoms. The molecular formula is C12H12FNO3S. The van der Waals surface area contributed by atoms with Gasteiger partial charge in [-0.25, -0.2) is 12.8 Å². The monoisotopic (exact) mass is 269 g/mol. The molecule has 4 nitrogen and oxygen atoms in total. The first kappa shape index (κ1) is 12.9. The number of sulfonamides is 1. The van der Waals surface area contributed by atoms with Gasteiger partial charge in [0.05, 0.1) is 11.4 Å². The quantitative estimate of drug-likeness (QED) is 0.764. The fourth-order valence-electron chi connectivity index (χ4n) is 1.84. The zero-order chi connectivity index (χ0) is 13.2. The molecule has 96 valence electrons. The number of aliphatic hydroxyl groups excluding tert-OH is 1. The summed E-state index contributed by atoms with van der Waals surface area (Å²) in [5.41, 5.74) is 0.462. The van der Waals surface area contributed by atoms with Crippen LogP contribution in [0.4, 0.5) is 10.1 Å². The van der Waals surface area contributed by atoms with Gasteiger partial charge in [-0.2, -0.15) is 0 Å². The number of aliphatic hydroxyl groups is 1. The van der Waals surface area contributed by atoms with Crippen molar-refractivity contribution in [3.63, 3.8) is 0 Å². The van der Waals surface area contributed by atoms with Crippen molar-refractivity contribution in [3.05, 3.63) is 29.6 Å². The lowest BCUT2D eigenvalue weighted by Gasteiger charge is -2.17. The second-order valence-corrected chi connectivity index (χ2v) is 5.88. The molecule has 1 N–H and O–H groups in total. The van der Waals surface area contributed by atoms with Gasteiger partial charge in [0, 0.05) is 12.1 Å². The van der Waals surface area contributed by atoms with Crippen molar-refractivity contribution in [1.29, 1.82) is 0 Å². The van der Waals surface area contributed by atoms with Crippen LogP contribution in [0.25, 0.3) is 0 Å². The largest absolute Gasteiger partial charge is 0.384 e. The van der Waals surface area contributed by atoms with Gasteiger partial charge in [-0.05, 0) is 24.6 Å². The average molecular weight is 269 g/mol. The van der Waals surface area contributed by atoms with E-state index in [9.17, 15) is 12.8 Å². The number of hydrogen-bond acceptors (Lipinski definition) is 3. The normalized spacial score (nSPS) is 17.3. The second-order valence-electron chi connectivity index (χ2n) is 3.87. The van der Waals surface area contributed by atoms with Crippen LogP contribution in [0.3, 0.4) is 0 Å². The molecule has 0 radical (unpaired) electrons. The minimum absolute atomic E-state index is 0.0541. The first-order valence-electron chi connectivity index (χ1n) is 5.44. The number of anilines is 1. The predicted octanol–water partition coefficient (Wildman–Crippen LogP) is 0.709. The number of nitrogens with zero attached hydrogens (tertiary/aromatic N) is 1. The lowest BCUT2D eigenvalue weighted by molar-refractivity contribution is 0.350. The van der Waals surface area contributed by atoms with Gasteiger partial charge in [0.2, 0.25) is 10.0 Å². The van der Waals surface area contributed by atoms with E-state index in [4.69, 9.17) is 5.11 Å². The molecule has 1 aliphatic heterocycles. The maximum absolute atomic E-state index is 13.8. The lowest BCUT2D eigenvalue weighted by Crippen LogP contribution is -2.26. The number of hydrogen-bond donors (Lipinski definition) is 1. The average Bonchev–Trinajstić information content (AvgIpc) is 2.66. The van der Waals surface area contributed by atoms with Crippen LogP contribution in [0.2, 0.25) is 0 Å². The number of halogens is 1. The zero-order valence-corrected chi connectivity index (χ0v) is 10.4. The number of benzene rings is 1. The van der Waals surface area contributed by atoms with Gasteiger partial charge < -0.3 is 5.11 Å². The molecule has 0 aliphatic carbocycles. The van der Waals surface area contributed by atoms with Crippen LogP contribution >= 0.6 is 0 Å². The van der Waals surface area contributed by atoms with Crippen molar-refractivity contribution < 1.29 is 17.9 Å². The van der Waals surface area contributed by atoms with Crippen LogP contribution in [0.1, 0.15) is 12.0 Å². The van der Waals surface area contributed by atoms with Crippen molar-refractivity contribution >= 4 is 15.7 Å². The van der Waals surface area contributed by atoms with E-state index in [0.717, 1.165) is 4.31 Å². The molecule has 0 unspecified atom stereocenters. The summed E-state index contributed by atoms with van der Waals surface area (Å²) in [6, 6.07) is 4.11. The summed E-state index contributed by atoms with van der Waals surface area (Å²) in [7, 11) is -3.38. The van der Waals surface area contributed by atoms with Gasteiger partial charge in [-0.15, -0.1) is 0 Å². The van der Waals surface area contributed by atoms with Crippen LogP contribution in [-0.4, -0.2) is 32.4 Å². The van der Waals surface area contributed by atoms with E-state index in [1.165, 1.54) is 18.2 Å². The van der Waals surface area contributed by atoms with Gasteiger partial charge in [0.1, 0.15) is 12.4 Å². The van der Waals surface area contributed by atoms with Crippen molar-refractivity contribution in [2.24, 2.45) is 0 Å². The smallest absolute Gasteiger partial charge is 0.235 e. The third-order valence-corrected chi connectivity index (χ3v) is 4.48. The first-order chi connectivity index (χ1) is 8.54. The molecule has 0 saturated carbocycles. The summed E-state index contributed by atoms with van der Waals surface area (Å²) < 4.78 is 38.3. The van der Waals surface area contributed by atoms with Crippen molar-refractivity contribution in [2.75, 3.05) is 23.2 Å². The summed E-state index contributed by atoms with van der Waals surface area (Å²) in [6.45, 7) is 0.00476. The van der Waals surface area contributed by atoms with Gasteiger partial charge in [0.25, 0.3) is 0 Å². The van der Waals surface area contributed by atoms with Crippen LogP contribution in [0, 0.1) is 17.7 Å². The molecule has 0 spiro atoms. The van der Waals surface area contributed by atoms with Gasteiger partial charge in [-0.3, -0.25) is 4.31 Å². The van der Waals surface area contributed by atoms with Crippen molar-refractivity contribution in [3.8, 4) is 11.8 Å². The Morgan fingerprint density at radius 2 is 2.22 bits per heavy atom. The predicted molar refractivity (Wildman–Crippen MR) is 66.1 cm³/mol. The Morgan fingerprint density at radius 1 is 1.44 bits per heavy atom. The Kier molecular flexibility index (Phi) is 3.55. The Morgan fingerprint density at radius 3 is 2.78 bits per heavy atom. The molecule has 1 fully saturated rings. The fraction of sp³-hybridized carbons (Fsp3) is 0.333. The SMILES string of the molecule is O=S1(=O)CCCN1c1ccc(C#CCO)cc1F. The highest BCUT2D eigenvalue weighted by molar-refractivity contribution is 7.93. The van der Waals surface area contributed by atoms with Crippen LogP contribution < -0.4 is 4.31 Å². The molecule has 6 heteroatoms. The van der Waals surface area contributed by atoms with Crippen molar-refractivity contribution in [1.82, 2.24) is 0 Å². The molecule has 0 aromatic heterocycles. The Bertz CT molecular complexity index is 616. The first-order valence-corrected chi connectivity index (χ1v) is 7.05. The lowest BCUT2D eigenvalue weighted by atomic mass is 10.2. The minimum Gasteiger partial charge on any atom is -0.384 e. The minimum atomic E-state index is -3.38. The third-order valence-electron chi connectivity index (χ3n) is 2.63. The van der Waals surface area contributed by atoms with E-state index < -0.39 is 15.8 Å². The molecule has 0 amide bonds. The Labute approximate surface area is 105 Å². The van der Waals surface area contributed by atoms with Gasteiger partial charge in [0.15, 0.2) is 0 Å². The molecule has 1 aliphatic rings. The third kappa shape index (κ3) is 2.47. The summed E-state index contributed by atoms with van der Waals surface area (Å²) in [5, 5.41) is 8.54. The van der Waals surface area contributed by atoms with E-state index >= 15 is 0 Å². The van der Waals surface area contributed by atoms with E-state index in [0.29, 0.717) is 18.5 Å². The van der Waals surface area contributed by atoms with E-state index in [2.05, 4.69) is 11.8 Å². The summed E-state index contributed by atoms with van der Waals surface area (Å²) in [5.74, 6) is 4.40. The molecule has 0 atom stereocenters. The van der Waals surface area contributed by atoms with E-state index in [-0.39, 0.29) is 18.0 Å². The maximum atomic E-state index is 13.8. The van der Waals surface area contributed by atoms with Gasteiger partial charge in [-0.1, -0.05) is 11.8 Å². The van der Waals surface area contributed by atoms with Crippen LogP contribution in [0.5, 0.6) is 0 Å². The molecule has 2 rings (SSSR count). The molecular weight excluding hydrogens is 257 g/mol.